The predicted molar refractivity (Wildman–Crippen MR) is 320 cm³/mol. The summed E-state index contributed by atoms with van der Waals surface area (Å²) < 4.78 is 94.6. The molecule has 0 unspecified atom stereocenters. The molecule has 0 fully saturated rings. The van der Waals surface area contributed by atoms with E-state index in [1.54, 1.807) is 27.3 Å². The maximum atomic E-state index is 9.17. The molecule has 7 nitrogen and oxygen atoms in total. The van der Waals surface area contributed by atoms with E-state index in [1.165, 1.54) is 6.07 Å². The fraction of sp³-hybridized carbons (Fsp3) is 0. The Labute approximate surface area is 489 Å². The Hall–Kier alpha value is -10.1. The van der Waals surface area contributed by atoms with Gasteiger partial charge in [-0.2, -0.15) is 12.1 Å². The predicted octanol–water partition coefficient (Wildman–Crippen LogP) is 17.5. The van der Waals surface area contributed by atoms with Crippen molar-refractivity contribution in [2.24, 2.45) is 0 Å². The van der Waals surface area contributed by atoms with Crippen LogP contribution in [0.5, 0.6) is 11.5 Å². The quantitative estimate of drug-likeness (QED) is 0.0957. The molecule has 0 amide bonds. The second kappa shape index (κ2) is 20.4. The van der Waals surface area contributed by atoms with Crippen molar-refractivity contribution in [2.75, 3.05) is 4.90 Å². The Kier molecular flexibility index (Phi) is 10.0. The molecule has 4 aromatic heterocycles. The van der Waals surface area contributed by atoms with Crippen LogP contribution >= 0.6 is 0 Å². The molecule has 0 radical (unpaired) electrons. The molecule has 0 aliphatic carbocycles. The standard InChI is InChI=1S/C72H46N6O.Pt/c1-5-23-50(24-6-1)57-36-22-37-58(51-25-7-2-8-26-51)72(57)75-49-74(66-41-19-20-42-67(66)75)54-31-21-32-56(45-54)79-70-48-68-62(47-69(70)77-63-38-16-13-33-59(63)60-34-14-17-39-64(60)77)61-35-15-18-40-65(61)78(68)71-46-55(43-44-73-71)76(52-27-9-3-10-28-52)53-29-11-4-12-30-53;/h1-44,46-47H;/q-2;/i1D,2D,5D,6D,7D,23D,24D,25D,26D;. The summed E-state index contributed by atoms with van der Waals surface area (Å²) in [5, 5.41) is 4.03. The average Bonchev–Trinajstić information content (AvgIpc) is 1.69. The number of rotatable bonds is 11. The zero-order valence-corrected chi connectivity index (χ0v) is 44.5. The third-order valence-corrected chi connectivity index (χ3v) is 14.3. The van der Waals surface area contributed by atoms with Crippen molar-refractivity contribution >= 4 is 71.7 Å². The molecule has 11 aromatic carbocycles. The number of pyridine rings is 1. The van der Waals surface area contributed by atoms with Gasteiger partial charge in [0, 0.05) is 83.5 Å². The van der Waals surface area contributed by atoms with Crippen molar-refractivity contribution in [1.29, 1.82) is 0 Å². The number of anilines is 3. The smallest absolute Gasteiger partial charge is 0.268 e. The molecule has 15 rings (SSSR count). The van der Waals surface area contributed by atoms with Gasteiger partial charge in [-0.1, -0.05) is 205 Å². The zero-order chi connectivity index (χ0) is 60.1. The minimum atomic E-state index is -0.560. The molecule has 8 heteroatoms. The molecular formula is C72H46N6OPt-2. The first-order chi connectivity index (χ1) is 42.9. The Bertz CT molecular complexity index is 5220. The molecule has 0 N–H and O–H groups in total. The number of hydrogen-bond acceptors (Lipinski definition) is 3. The first kappa shape index (κ1) is 39.3. The molecule has 4 heterocycles. The Morgan fingerprint density at radius 2 is 1.05 bits per heavy atom. The van der Waals surface area contributed by atoms with Crippen molar-refractivity contribution in [3.63, 3.8) is 0 Å². The molecular weight excluding hydrogens is 1160 g/mol. The van der Waals surface area contributed by atoms with E-state index < -0.39 is 36.3 Å². The van der Waals surface area contributed by atoms with Crippen molar-refractivity contribution in [1.82, 2.24) is 18.7 Å². The minimum absolute atomic E-state index is 0. The molecule has 0 saturated heterocycles. The van der Waals surface area contributed by atoms with Crippen LogP contribution in [0.3, 0.4) is 0 Å². The summed E-state index contributed by atoms with van der Waals surface area (Å²) in [7, 11) is 0. The maximum absolute atomic E-state index is 9.17. The van der Waals surface area contributed by atoms with Crippen molar-refractivity contribution in [3.8, 4) is 56.6 Å². The molecule has 0 saturated carbocycles. The fourth-order valence-corrected chi connectivity index (χ4v) is 11.0. The van der Waals surface area contributed by atoms with E-state index in [2.05, 4.69) is 105 Å². The molecule has 0 aliphatic rings. The number of imidazole rings is 1. The van der Waals surface area contributed by atoms with E-state index in [-0.39, 0.29) is 67.1 Å². The van der Waals surface area contributed by atoms with Gasteiger partial charge < -0.3 is 23.3 Å². The van der Waals surface area contributed by atoms with Gasteiger partial charge in [0.2, 0.25) is 0 Å². The molecule has 0 aliphatic heterocycles. The molecule has 0 bridgehead atoms. The fourth-order valence-electron chi connectivity index (χ4n) is 11.0. The van der Waals surface area contributed by atoms with E-state index in [0.29, 0.717) is 39.6 Å². The van der Waals surface area contributed by atoms with Crippen molar-refractivity contribution < 1.29 is 42.7 Å². The summed E-state index contributed by atoms with van der Waals surface area (Å²) in [4.78, 5) is 7.28. The van der Waals surface area contributed by atoms with Crippen LogP contribution in [0.15, 0.2) is 279 Å². The van der Waals surface area contributed by atoms with Gasteiger partial charge in [0.05, 0.1) is 34.7 Å². The average molecular weight is 1220 g/mol. The number of aromatic nitrogens is 5. The number of para-hydroxylation sites is 8. The number of fused-ring (bicyclic) bond motifs is 7. The second-order valence-corrected chi connectivity index (χ2v) is 18.9. The third-order valence-electron chi connectivity index (χ3n) is 14.3. The van der Waals surface area contributed by atoms with Crippen LogP contribution in [-0.4, -0.2) is 18.7 Å². The van der Waals surface area contributed by atoms with E-state index in [1.807, 2.05) is 128 Å². The van der Waals surface area contributed by atoms with E-state index in [9.17, 15) is 0 Å². The summed E-state index contributed by atoms with van der Waals surface area (Å²) >= 11 is 0. The van der Waals surface area contributed by atoms with Gasteiger partial charge in [-0.15, -0.1) is 24.3 Å². The Balaban J connectivity index is 0.00000694. The number of ether oxygens (including phenoxy) is 1. The molecule has 15 aromatic rings. The van der Waals surface area contributed by atoms with Crippen LogP contribution in [0.1, 0.15) is 12.3 Å². The summed E-state index contributed by atoms with van der Waals surface area (Å²) in [5.74, 6) is 1.38. The Morgan fingerprint density at radius 3 is 1.74 bits per heavy atom. The van der Waals surface area contributed by atoms with Crippen molar-refractivity contribution in [3.05, 3.63) is 297 Å². The van der Waals surface area contributed by atoms with E-state index >= 15 is 0 Å². The van der Waals surface area contributed by atoms with Gasteiger partial charge in [-0.3, -0.25) is 4.57 Å². The van der Waals surface area contributed by atoms with Gasteiger partial charge >= 0.3 is 0 Å². The molecule has 382 valence electrons. The van der Waals surface area contributed by atoms with Crippen LogP contribution in [-0.2, 0) is 21.1 Å². The maximum Gasteiger partial charge on any atom is 0.268 e. The van der Waals surface area contributed by atoms with E-state index in [4.69, 9.17) is 22.1 Å². The van der Waals surface area contributed by atoms with Gasteiger partial charge in [-0.25, -0.2) is 4.98 Å². The molecule has 0 atom stereocenters. The van der Waals surface area contributed by atoms with Gasteiger partial charge in [-0.05, 0) is 87.5 Å². The van der Waals surface area contributed by atoms with Crippen molar-refractivity contribution in [2.45, 2.75) is 0 Å². The van der Waals surface area contributed by atoms with Crippen LogP contribution in [0.4, 0.5) is 17.1 Å². The SMILES string of the molecule is [2H]c1cc([2H])c(-c2cccc(-c3c([2H])c([2H])c([2H])c([2H])c3[2H])c2-[n+]2[c-]n(-c3[c-]c(Oc4[c-]c5c(cc4-n4c6ccccc6c6ccccc64)c4ccccc4n5-c4cc(N(c5ccccc5)c5ccccc5)ccn4)ccc3)c3ccccc32)c([2H])c1[2H].[Pt]. The third kappa shape index (κ3) is 8.26. The zero-order valence-electron chi connectivity index (χ0n) is 51.3. The van der Waals surface area contributed by atoms with Crippen LogP contribution < -0.4 is 14.2 Å². The van der Waals surface area contributed by atoms with Gasteiger partial charge in [0.25, 0.3) is 6.33 Å². The summed E-state index contributed by atoms with van der Waals surface area (Å²) in [6, 6.07) is 74.3. The normalized spacial score (nSPS) is 13.0. The largest absolute Gasteiger partial charge is 0.508 e. The number of hydrogen-bond donors (Lipinski definition) is 0. The molecule has 80 heavy (non-hydrogen) atoms. The first-order valence-electron chi connectivity index (χ1n) is 30.2. The Morgan fingerprint density at radius 1 is 0.475 bits per heavy atom. The first-order valence-corrected chi connectivity index (χ1v) is 25.7. The van der Waals surface area contributed by atoms with Crippen LogP contribution in [0, 0.1) is 18.5 Å². The molecule has 0 spiro atoms. The topological polar surface area (TPSA) is 44.0 Å². The minimum Gasteiger partial charge on any atom is -0.508 e. The van der Waals surface area contributed by atoms with Crippen LogP contribution in [0.2, 0.25) is 0 Å². The van der Waals surface area contributed by atoms with Gasteiger partial charge in [0.1, 0.15) is 5.82 Å². The second-order valence-electron chi connectivity index (χ2n) is 18.9. The summed E-state index contributed by atoms with van der Waals surface area (Å²) in [5.41, 5.74) is 9.36. The summed E-state index contributed by atoms with van der Waals surface area (Å²) in [6.07, 6.45) is 5.34. The monoisotopic (exact) mass is 1210 g/mol. The van der Waals surface area contributed by atoms with E-state index in [0.717, 1.165) is 60.8 Å². The summed E-state index contributed by atoms with van der Waals surface area (Å²) in [6.45, 7) is 0. The van der Waals surface area contributed by atoms with Crippen LogP contribution in [0.25, 0.3) is 99.8 Å². The van der Waals surface area contributed by atoms with Gasteiger partial charge in [0.15, 0.2) is 0 Å². The number of benzene rings is 11. The number of nitrogens with zero attached hydrogens (tertiary/aromatic N) is 6.